The summed E-state index contributed by atoms with van der Waals surface area (Å²) >= 11 is 6.03. The highest BCUT2D eigenvalue weighted by molar-refractivity contribution is 8.26. The number of aliphatic carboxylic acids is 1. The van der Waals surface area contributed by atoms with Gasteiger partial charge in [0.1, 0.15) is 28.1 Å². The van der Waals surface area contributed by atoms with E-state index in [1.807, 2.05) is 0 Å². The summed E-state index contributed by atoms with van der Waals surface area (Å²) in [5.74, 6) is -0.797. The van der Waals surface area contributed by atoms with Crippen LogP contribution < -0.4 is 9.47 Å². The van der Waals surface area contributed by atoms with E-state index >= 15 is 0 Å². The fraction of sp³-hybridized carbons (Fsp3) is 0.188. The number of hydrogen-bond donors (Lipinski definition) is 2. The number of thioether (sulfide) groups is 1. The molecule has 1 aromatic carbocycles. The maximum Gasteiger partial charge on any atom is 0.323 e. The molecule has 0 spiro atoms. The molecule has 1 aliphatic rings. The van der Waals surface area contributed by atoms with Gasteiger partial charge in [-0.05, 0) is 12.2 Å². The molecule has 0 radical (unpaired) electrons. The van der Waals surface area contributed by atoms with Gasteiger partial charge in [-0.2, -0.15) is 0 Å². The van der Waals surface area contributed by atoms with E-state index in [0.717, 1.165) is 16.7 Å². The molecule has 1 aliphatic heterocycles. The van der Waals surface area contributed by atoms with E-state index in [-0.39, 0.29) is 10.1 Å². The second-order valence-corrected chi connectivity index (χ2v) is 6.48. The van der Waals surface area contributed by atoms with Crippen molar-refractivity contribution in [2.45, 2.75) is 0 Å². The van der Waals surface area contributed by atoms with E-state index in [9.17, 15) is 14.7 Å². The minimum absolute atomic E-state index is 0.0423. The molecule has 7 nitrogen and oxygen atoms in total. The minimum Gasteiger partial charge on any atom is -0.507 e. The molecule has 2 N–H and O–H groups in total. The molecule has 1 aromatic rings. The molecule has 0 saturated carbocycles. The fourth-order valence-electron chi connectivity index (χ4n) is 2.06. The van der Waals surface area contributed by atoms with Gasteiger partial charge in [-0.3, -0.25) is 14.5 Å². The number of thiocarbonyl (C=S) groups is 1. The Balaban J connectivity index is 2.23. The molecule has 0 bridgehead atoms. The van der Waals surface area contributed by atoms with E-state index in [4.69, 9.17) is 26.8 Å². The fourth-order valence-corrected chi connectivity index (χ4v) is 3.27. The number of benzene rings is 1. The normalized spacial score (nSPS) is 16.1. The van der Waals surface area contributed by atoms with Gasteiger partial charge < -0.3 is 19.7 Å². The van der Waals surface area contributed by atoms with E-state index in [0.29, 0.717) is 22.0 Å². The number of phenols is 1. The van der Waals surface area contributed by atoms with E-state index in [1.165, 1.54) is 26.4 Å². The third-order valence-corrected chi connectivity index (χ3v) is 4.62. The lowest BCUT2D eigenvalue weighted by Crippen LogP contribution is -2.33. The number of allylic oxidation sites excluding steroid dienone is 2. The second-order valence-electron chi connectivity index (χ2n) is 4.81. The highest BCUT2D eigenvalue weighted by Gasteiger charge is 2.32. The van der Waals surface area contributed by atoms with E-state index in [2.05, 4.69) is 0 Å². The van der Waals surface area contributed by atoms with Crippen molar-refractivity contribution in [3.63, 3.8) is 0 Å². The summed E-state index contributed by atoms with van der Waals surface area (Å²) in [6.45, 7) is -0.473. The Morgan fingerprint density at radius 3 is 2.68 bits per heavy atom. The van der Waals surface area contributed by atoms with Crippen LogP contribution in [0.1, 0.15) is 5.56 Å². The zero-order valence-corrected chi connectivity index (χ0v) is 15.0. The number of hydrogen-bond acceptors (Lipinski definition) is 7. The number of phenolic OH excluding ortho intramolecular Hbond substituents is 1. The van der Waals surface area contributed by atoms with Gasteiger partial charge in [0, 0.05) is 12.1 Å². The Kier molecular flexibility index (Phi) is 6.05. The molecule has 1 heterocycles. The summed E-state index contributed by atoms with van der Waals surface area (Å²) in [6, 6.07) is 3.06. The number of aromatic hydroxyl groups is 1. The number of rotatable bonds is 6. The second kappa shape index (κ2) is 8.04. The van der Waals surface area contributed by atoms with Gasteiger partial charge in [-0.15, -0.1) is 0 Å². The van der Waals surface area contributed by atoms with Crippen molar-refractivity contribution in [2.24, 2.45) is 0 Å². The Hall–Kier alpha value is -2.52. The van der Waals surface area contributed by atoms with Gasteiger partial charge in [-0.25, -0.2) is 0 Å². The maximum atomic E-state index is 12.1. The van der Waals surface area contributed by atoms with Crippen molar-refractivity contribution in [3.05, 3.63) is 34.8 Å². The van der Waals surface area contributed by atoms with Crippen molar-refractivity contribution >= 4 is 46.3 Å². The first kappa shape index (κ1) is 18.8. The summed E-state index contributed by atoms with van der Waals surface area (Å²) in [6.07, 6.45) is 4.62. The zero-order valence-electron chi connectivity index (χ0n) is 13.4. The highest BCUT2D eigenvalue weighted by atomic mass is 32.2. The van der Waals surface area contributed by atoms with E-state index in [1.54, 1.807) is 18.2 Å². The van der Waals surface area contributed by atoms with Gasteiger partial charge in [0.25, 0.3) is 5.91 Å². The standard InChI is InChI=1S/C16H15NO6S2/c1-22-9-6-11(18)10(12(7-9)23-2)4-3-5-13-15(21)17(8-14(19)20)16(24)25-13/h3-7,18H,8H2,1-2H3,(H,19,20). The molecule has 2 rings (SSSR count). The predicted molar refractivity (Wildman–Crippen MR) is 97.9 cm³/mol. The Labute approximate surface area is 153 Å². The number of amides is 1. The third-order valence-electron chi connectivity index (χ3n) is 3.23. The number of carbonyl (C=O) groups is 2. The van der Waals surface area contributed by atoms with Crippen LogP contribution in [-0.4, -0.2) is 52.1 Å². The van der Waals surface area contributed by atoms with Crippen molar-refractivity contribution in [2.75, 3.05) is 20.8 Å². The Morgan fingerprint density at radius 1 is 1.36 bits per heavy atom. The van der Waals surface area contributed by atoms with Crippen LogP contribution in [0.4, 0.5) is 0 Å². The van der Waals surface area contributed by atoms with Crippen LogP contribution >= 0.6 is 24.0 Å². The van der Waals surface area contributed by atoms with Gasteiger partial charge in [-0.1, -0.05) is 30.1 Å². The lowest BCUT2D eigenvalue weighted by atomic mass is 10.1. The SMILES string of the molecule is COc1cc(O)c(C=CC=C2SC(=S)N(CC(=O)O)C2=O)c(OC)c1. The highest BCUT2D eigenvalue weighted by Crippen LogP contribution is 2.35. The van der Waals surface area contributed by atoms with Crippen LogP contribution in [0, 0.1) is 0 Å². The first-order valence-electron chi connectivity index (χ1n) is 6.96. The quantitative estimate of drug-likeness (QED) is 0.572. The molecular weight excluding hydrogens is 366 g/mol. The van der Waals surface area contributed by atoms with Crippen LogP contribution in [-0.2, 0) is 9.59 Å². The first-order chi connectivity index (χ1) is 11.9. The molecule has 1 saturated heterocycles. The monoisotopic (exact) mass is 381 g/mol. The largest absolute Gasteiger partial charge is 0.507 e. The molecule has 0 aromatic heterocycles. The average Bonchev–Trinajstić information content (AvgIpc) is 2.83. The number of carboxylic acids is 1. The Morgan fingerprint density at radius 2 is 2.08 bits per heavy atom. The summed E-state index contributed by atoms with van der Waals surface area (Å²) in [5.41, 5.74) is 0.417. The third kappa shape index (κ3) is 4.31. The number of carbonyl (C=O) groups excluding carboxylic acids is 1. The number of carboxylic acid groups (broad SMARTS) is 1. The van der Waals surface area contributed by atoms with Crippen molar-refractivity contribution in [3.8, 4) is 17.2 Å². The van der Waals surface area contributed by atoms with Crippen LogP contribution in [0.2, 0.25) is 0 Å². The molecule has 0 aliphatic carbocycles. The number of methoxy groups -OCH3 is 2. The van der Waals surface area contributed by atoms with Gasteiger partial charge in [0.05, 0.1) is 24.7 Å². The topological polar surface area (TPSA) is 96.3 Å². The van der Waals surface area contributed by atoms with Crippen LogP contribution in [0.5, 0.6) is 17.2 Å². The predicted octanol–water partition coefficient (Wildman–Crippen LogP) is 2.25. The van der Waals surface area contributed by atoms with Crippen molar-refractivity contribution < 1.29 is 29.3 Å². The van der Waals surface area contributed by atoms with Crippen molar-refractivity contribution in [1.82, 2.24) is 4.90 Å². The number of nitrogens with zero attached hydrogens (tertiary/aromatic N) is 1. The van der Waals surface area contributed by atoms with Crippen LogP contribution in [0.3, 0.4) is 0 Å². The lowest BCUT2D eigenvalue weighted by molar-refractivity contribution is -0.140. The van der Waals surface area contributed by atoms with Gasteiger partial charge in [0.15, 0.2) is 0 Å². The summed E-state index contributed by atoms with van der Waals surface area (Å²) in [4.78, 5) is 24.2. The first-order valence-corrected chi connectivity index (χ1v) is 8.18. The van der Waals surface area contributed by atoms with E-state index < -0.39 is 18.4 Å². The lowest BCUT2D eigenvalue weighted by Gasteiger charge is -2.10. The molecule has 25 heavy (non-hydrogen) atoms. The van der Waals surface area contributed by atoms with Crippen LogP contribution in [0.25, 0.3) is 6.08 Å². The molecule has 0 atom stereocenters. The van der Waals surface area contributed by atoms with Crippen molar-refractivity contribution in [1.29, 1.82) is 0 Å². The maximum absolute atomic E-state index is 12.1. The number of ether oxygens (including phenoxy) is 2. The molecular formula is C16H15NO6S2. The zero-order chi connectivity index (χ0) is 18.6. The average molecular weight is 381 g/mol. The molecule has 1 amide bonds. The Bertz CT molecular complexity index is 787. The molecule has 0 unspecified atom stereocenters. The van der Waals surface area contributed by atoms with Gasteiger partial charge >= 0.3 is 5.97 Å². The summed E-state index contributed by atoms with van der Waals surface area (Å²) < 4.78 is 10.5. The molecule has 9 heteroatoms. The van der Waals surface area contributed by atoms with Gasteiger partial charge in [0.2, 0.25) is 0 Å². The smallest absolute Gasteiger partial charge is 0.323 e. The van der Waals surface area contributed by atoms with Crippen LogP contribution in [0.15, 0.2) is 29.2 Å². The summed E-state index contributed by atoms with van der Waals surface area (Å²) in [5, 5.41) is 18.9. The molecule has 132 valence electrons. The molecule has 1 fully saturated rings. The summed E-state index contributed by atoms with van der Waals surface area (Å²) in [7, 11) is 2.94. The minimum atomic E-state index is -1.14.